The molecule has 0 aromatic carbocycles. The smallest absolute Gasteiger partial charge is 0.214 e. The van der Waals surface area contributed by atoms with E-state index >= 15 is 0 Å². The van der Waals surface area contributed by atoms with Gasteiger partial charge in [0.15, 0.2) is 0 Å². The van der Waals surface area contributed by atoms with Crippen LogP contribution < -0.4 is 15.4 Å². The van der Waals surface area contributed by atoms with Gasteiger partial charge in [-0.1, -0.05) is 18.3 Å². The molecule has 17 heavy (non-hydrogen) atoms. The fourth-order valence-corrected chi connectivity index (χ4v) is 1.64. The van der Waals surface area contributed by atoms with Crippen molar-refractivity contribution in [3.63, 3.8) is 0 Å². The number of pyridine rings is 1. The maximum Gasteiger partial charge on any atom is 0.214 e. The highest BCUT2D eigenvalue weighted by molar-refractivity contribution is 7.80. The van der Waals surface area contributed by atoms with Crippen LogP contribution in [0, 0.1) is 0 Å². The van der Waals surface area contributed by atoms with Crippen LogP contribution in [-0.2, 0) is 0 Å². The number of aromatic nitrogens is 1. The van der Waals surface area contributed by atoms with Gasteiger partial charge in [-0.05, 0) is 19.9 Å². The molecule has 0 fully saturated rings. The molecule has 0 saturated carbocycles. The van der Waals surface area contributed by atoms with E-state index in [1.807, 2.05) is 18.2 Å². The average Bonchev–Trinajstić information content (AvgIpc) is 2.28. The molecule has 0 aliphatic rings. The van der Waals surface area contributed by atoms with Crippen molar-refractivity contribution in [3.05, 3.63) is 18.2 Å². The van der Waals surface area contributed by atoms with Crippen LogP contribution in [0.3, 0.4) is 0 Å². The Morgan fingerprint density at radius 2 is 2.24 bits per heavy atom. The molecule has 0 saturated heterocycles. The number of hydrogen-bond donors (Lipinski definition) is 1. The topological polar surface area (TPSA) is 51.4 Å². The second-order valence-electron chi connectivity index (χ2n) is 4.04. The number of thiocarbonyl (C=S) groups is 1. The molecule has 1 aromatic heterocycles. The van der Waals surface area contributed by atoms with E-state index < -0.39 is 0 Å². The van der Waals surface area contributed by atoms with Crippen molar-refractivity contribution in [1.29, 1.82) is 0 Å². The lowest BCUT2D eigenvalue weighted by Crippen LogP contribution is -2.34. The van der Waals surface area contributed by atoms with Crippen LogP contribution in [0.15, 0.2) is 18.2 Å². The summed E-state index contributed by atoms with van der Waals surface area (Å²) < 4.78 is 5.12. The molecule has 1 aromatic rings. The van der Waals surface area contributed by atoms with E-state index in [1.165, 1.54) is 0 Å². The normalized spacial score (nSPS) is 10.4. The van der Waals surface area contributed by atoms with E-state index in [9.17, 15) is 0 Å². The van der Waals surface area contributed by atoms with Crippen molar-refractivity contribution in [2.75, 3.05) is 18.6 Å². The highest BCUT2D eigenvalue weighted by Crippen LogP contribution is 2.18. The SMILES string of the molecule is COc1cccc(N(CCC(N)=S)C(C)C)n1. The number of rotatable bonds is 6. The Bertz CT molecular complexity index is 382. The van der Waals surface area contributed by atoms with Crippen molar-refractivity contribution in [2.45, 2.75) is 26.3 Å². The quantitative estimate of drug-likeness (QED) is 0.786. The van der Waals surface area contributed by atoms with Crippen LogP contribution in [-0.4, -0.2) is 29.7 Å². The summed E-state index contributed by atoms with van der Waals surface area (Å²) in [7, 11) is 1.61. The second kappa shape index (κ2) is 6.39. The van der Waals surface area contributed by atoms with Crippen LogP contribution in [0.25, 0.3) is 0 Å². The number of methoxy groups -OCH3 is 1. The minimum absolute atomic E-state index is 0.337. The minimum Gasteiger partial charge on any atom is -0.481 e. The monoisotopic (exact) mass is 253 g/mol. The van der Waals surface area contributed by atoms with Gasteiger partial charge in [0.2, 0.25) is 5.88 Å². The number of anilines is 1. The first-order valence-corrected chi connectivity index (χ1v) is 6.01. The summed E-state index contributed by atoms with van der Waals surface area (Å²) in [6.45, 7) is 4.99. The Balaban J connectivity index is 2.84. The van der Waals surface area contributed by atoms with Crippen LogP contribution in [0.4, 0.5) is 5.82 Å². The van der Waals surface area contributed by atoms with Gasteiger partial charge in [-0.15, -0.1) is 0 Å². The Labute approximate surface area is 108 Å². The third-order valence-electron chi connectivity index (χ3n) is 2.43. The van der Waals surface area contributed by atoms with E-state index in [2.05, 4.69) is 23.7 Å². The summed E-state index contributed by atoms with van der Waals surface area (Å²) in [6.07, 6.45) is 0.687. The van der Waals surface area contributed by atoms with Gasteiger partial charge < -0.3 is 15.4 Å². The zero-order chi connectivity index (χ0) is 12.8. The lowest BCUT2D eigenvalue weighted by atomic mass is 10.2. The van der Waals surface area contributed by atoms with E-state index in [0.717, 1.165) is 12.4 Å². The van der Waals surface area contributed by atoms with Gasteiger partial charge in [-0.25, -0.2) is 0 Å². The molecule has 0 aliphatic heterocycles. The second-order valence-corrected chi connectivity index (χ2v) is 4.57. The molecule has 0 spiro atoms. The molecule has 4 nitrogen and oxygen atoms in total. The lowest BCUT2D eigenvalue weighted by molar-refractivity contribution is 0.397. The Morgan fingerprint density at radius 1 is 1.53 bits per heavy atom. The standard InChI is InChI=1S/C12H19N3OS/c1-9(2)15(8-7-10(13)17)11-5-4-6-12(14-11)16-3/h4-6,9H,7-8H2,1-3H3,(H2,13,17). The number of ether oxygens (including phenoxy) is 1. The maximum atomic E-state index is 5.53. The highest BCUT2D eigenvalue weighted by atomic mass is 32.1. The van der Waals surface area contributed by atoms with Crippen molar-refractivity contribution in [3.8, 4) is 5.88 Å². The van der Waals surface area contributed by atoms with Crippen LogP contribution in [0.2, 0.25) is 0 Å². The third kappa shape index (κ3) is 4.19. The fourth-order valence-electron chi connectivity index (χ4n) is 1.55. The van der Waals surface area contributed by atoms with Gasteiger partial charge in [-0.2, -0.15) is 4.98 Å². The van der Waals surface area contributed by atoms with E-state index in [-0.39, 0.29) is 0 Å². The first-order valence-electron chi connectivity index (χ1n) is 5.60. The molecule has 0 atom stereocenters. The minimum atomic E-state index is 0.337. The first kappa shape index (κ1) is 13.7. The predicted octanol–water partition coefficient (Wildman–Crippen LogP) is 1.98. The van der Waals surface area contributed by atoms with E-state index in [4.69, 9.17) is 22.7 Å². The van der Waals surface area contributed by atoms with Crippen LogP contribution in [0.5, 0.6) is 5.88 Å². The van der Waals surface area contributed by atoms with Gasteiger partial charge in [0.25, 0.3) is 0 Å². The third-order valence-corrected chi connectivity index (χ3v) is 2.64. The Kier molecular flexibility index (Phi) is 5.15. The van der Waals surface area contributed by atoms with Crippen molar-refractivity contribution in [2.24, 2.45) is 5.73 Å². The first-order chi connectivity index (χ1) is 8.04. The number of nitrogens with zero attached hydrogens (tertiary/aromatic N) is 2. The zero-order valence-corrected chi connectivity index (χ0v) is 11.3. The molecule has 0 radical (unpaired) electrons. The van der Waals surface area contributed by atoms with Crippen LogP contribution >= 0.6 is 12.2 Å². The molecule has 2 N–H and O–H groups in total. The molecule has 1 heterocycles. The van der Waals surface area contributed by atoms with Crippen LogP contribution in [0.1, 0.15) is 20.3 Å². The molecular weight excluding hydrogens is 234 g/mol. The summed E-state index contributed by atoms with van der Waals surface area (Å²) in [6, 6.07) is 6.05. The summed E-state index contributed by atoms with van der Waals surface area (Å²) in [5.41, 5.74) is 5.53. The van der Waals surface area contributed by atoms with Gasteiger partial charge in [-0.3, -0.25) is 0 Å². The summed E-state index contributed by atoms with van der Waals surface area (Å²) in [4.78, 5) is 7.09. The van der Waals surface area contributed by atoms with Gasteiger partial charge in [0.1, 0.15) is 5.82 Å². The lowest BCUT2D eigenvalue weighted by Gasteiger charge is -2.27. The molecule has 0 amide bonds. The summed E-state index contributed by atoms with van der Waals surface area (Å²) in [5.74, 6) is 1.50. The molecule has 1 rings (SSSR count). The van der Waals surface area contributed by atoms with Gasteiger partial charge >= 0.3 is 0 Å². The molecule has 5 heteroatoms. The number of hydrogen-bond acceptors (Lipinski definition) is 4. The maximum absolute atomic E-state index is 5.53. The van der Waals surface area contributed by atoms with E-state index in [1.54, 1.807) is 7.11 Å². The van der Waals surface area contributed by atoms with Crippen molar-refractivity contribution < 1.29 is 4.74 Å². The van der Waals surface area contributed by atoms with Gasteiger partial charge in [0.05, 0.1) is 12.1 Å². The van der Waals surface area contributed by atoms with Gasteiger partial charge in [0, 0.05) is 25.1 Å². The van der Waals surface area contributed by atoms with E-state index in [0.29, 0.717) is 23.3 Å². The van der Waals surface area contributed by atoms with Crippen molar-refractivity contribution >= 4 is 23.0 Å². The molecular formula is C12H19N3OS. The summed E-state index contributed by atoms with van der Waals surface area (Å²) in [5, 5.41) is 0. The number of nitrogens with two attached hydrogens (primary N) is 1. The fraction of sp³-hybridized carbons (Fsp3) is 0.500. The Morgan fingerprint density at radius 3 is 2.76 bits per heavy atom. The zero-order valence-electron chi connectivity index (χ0n) is 10.5. The molecule has 0 unspecified atom stereocenters. The average molecular weight is 253 g/mol. The molecule has 94 valence electrons. The summed E-state index contributed by atoms with van der Waals surface area (Å²) >= 11 is 4.91. The molecule has 0 bridgehead atoms. The largest absolute Gasteiger partial charge is 0.481 e. The highest BCUT2D eigenvalue weighted by Gasteiger charge is 2.12. The Hall–Kier alpha value is -1.36. The van der Waals surface area contributed by atoms with Crippen molar-refractivity contribution in [1.82, 2.24) is 4.98 Å². The predicted molar refractivity (Wildman–Crippen MR) is 74.7 cm³/mol. The molecule has 0 aliphatic carbocycles.